The zero-order valence-electron chi connectivity index (χ0n) is 17.1. The third-order valence-corrected chi connectivity index (χ3v) is 7.27. The number of nitrogens with zero attached hydrogens (tertiary/aromatic N) is 4. The van der Waals surface area contributed by atoms with Gasteiger partial charge in [-0.25, -0.2) is 4.98 Å². The summed E-state index contributed by atoms with van der Waals surface area (Å²) < 4.78 is 7.53. The van der Waals surface area contributed by atoms with Crippen LogP contribution in [0.15, 0.2) is 63.1 Å². The molecule has 1 aromatic carbocycles. The Hall–Kier alpha value is -3.17. The van der Waals surface area contributed by atoms with Gasteiger partial charge in [0.25, 0.3) is 5.56 Å². The summed E-state index contributed by atoms with van der Waals surface area (Å²) in [4.78, 5) is 22.3. The molecule has 0 aliphatic rings. The molecule has 0 radical (unpaired) electrons. The second-order valence-electron chi connectivity index (χ2n) is 7.13. The van der Waals surface area contributed by atoms with Gasteiger partial charge in [0.2, 0.25) is 5.82 Å². The highest BCUT2D eigenvalue weighted by Gasteiger charge is 2.22. The lowest BCUT2D eigenvalue weighted by Gasteiger charge is -2.12. The summed E-state index contributed by atoms with van der Waals surface area (Å²) in [5.74, 6) is 1.87. The van der Waals surface area contributed by atoms with Crippen LogP contribution in [-0.2, 0) is 0 Å². The average molecular weight is 450 g/mol. The molecule has 1 atom stereocenters. The number of thiophene rings is 1. The lowest BCUT2D eigenvalue weighted by molar-refractivity contribution is 0.575. The van der Waals surface area contributed by atoms with Gasteiger partial charge in [-0.05, 0) is 50.6 Å². The normalized spacial score (nSPS) is 12.5. The molecule has 0 bridgehead atoms. The van der Waals surface area contributed by atoms with E-state index in [1.165, 1.54) is 11.8 Å². The Bertz CT molecular complexity index is 1420. The molecule has 0 aliphatic heterocycles. The van der Waals surface area contributed by atoms with Crippen molar-refractivity contribution in [2.24, 2.45) is 0 Å². The predicted molar refractivity (Wildman–Crippen MR) is 123 cm³/mol. The van der Waals surface area contributed by atoms with E-state index in [4.69, 9.17) is 9.40 Å². The average Bonchev–Trinajstić information content (AvgIpc) is 3.48. The molecule has 0 saturated carbocycles. The van der Waals surface area contributed by atoms with Crippen molar-refractivity contribution < 1.29 is 4.42 Å². The molecule has 0 amide bonds. The van der Waals surface area contributed by atoms with E-state index in [9.17, 15) is 4.79 Å². The van der Waals surface area contributed by atoms with Gasteiger partial charge in [-0.3, -0.25) is 9.36 Å². The van der Waals surface area contributed by atoms with E-state index in [1.807, 2.05) is 67.8 Å². The fourth-order valence-electron chi connectivity index (χ4n) is 3.40. The molecule has 9 heteroatoms. The van der Waals surface area contributed by atoms with E-state index in [-0.39, 0.29) is 10.8 Å². The van der Waals surface area contributed by atoms with Gasteiger partial charge in [0.05, 0.1) is 16.9 Å². The van der Waals surface area contributed by atoms with Crippen molar-refractivity contribution in [3.05, 3.63) is 75.3 Å². The first kappa shape index (κ1) is 19.8. The minimum absolute atomic E-state index is 0.102. The summed E-state index contributed by atoms with van der Waals surface area (Å²) in [7, 11) is 0. The first-order valence-corrected chi connectivity index (χ1v) is 11.4. The number of thioether (sulfide) groups is 1. The minimum Gasteiger partial charge on any atom is -0.461 e. The third kappa shape index (κ3) is 3.49. The number of hydrogen-bond donors (Lipinski definition) is 1. The number of para-hydroxylation sites is 1. The number of benzene rings is 1. The molecule has 156 valence electrons. The smallest absolute Gasteiger partial charge is 0.259 e. The topological polar surface area (TPSA) is 89.6 Å². The lowest BCUT2D eigenvalue weighted by Crippen LogP contribution is -2.12. The minimum atomic E-state index is -0.143. The number of aromatic amines is 1. The number of nitrogens with one attached hydrogen (secondary N) is 1. The molecular formula is C22H19N5O2S2. The maximum absolute atomic E-state index is 12.7. The van der Waals surface area contributed by atoms with Crippen molar-refractivity contribution in [1.82, 2.24) is 24.7 Å². The largest absolute Gasteiger partial charge is 0.461 e. The van der Waals surface area contributed by atoms with Gasteiger partial charge >= 0.3 is 0 Å². The quantitative estimate of drug-likeness (QED) is 0.367. The van der Waals surface area contributed by atoms with Gasteiger partial charge in [-0.1, -0.05) is 30.0 Å². The van der Waals surface area contributed by atoms with Gasteiger partial charge in [0.15, 0.2) is 10.9 Å². The SMILES string of the molecule is Cc1sc2nc([C@H](C)Sc3nnc(-c4ccco4)n3-c3ccccc3)[nH]c(=O)c2c1C. The molecule has 4 aromatic heterocycles. The van der Waals surface area contributed by atoms with Crippen LogP contribution in [0.5, 0.6) is 0 Å². The lowest BCUT2D eigenvalue weighted by atomic mass is 10.2. The highest BCUT2D eigenvalue weighted by Crippen LogP contribution is 2.36. The van der Waals surface area contributed by atoms with Gasteiger partial charge in [-0.15, -0.1) is 21.5 Å². The van der Waals surface area contributed by atoms with Gasteiger partial charge in [-0.2, -0.15) is 0 Å². The standard InChI is InChI=1S/C22H19N5O2S2/c1-12-13(2)30-21-17(12)20(28)23-18(24-21)14(3)31-22-26-25-19(16-10-7-11-29-16)27(22)15-8-5-4-6-9-15/h4-11,14H,1-3H3,(H,23,24,28)/t14-/m0/s1. The maximum atomic E-state index is 12.7. The van der Waals surface area contributed by atoms with Crippen LogP contribution in [0.25, 0.3) is 27.5 Å². The number of hydrogen-bond acceptors (Lipinski definition) is 7. The molecule has 0 saturated heterocycles. The zero-order chi connectivity index (χ0) is 21.5. The predicted octanol–water partition coefficient (Wildman–Crippen LogP) is 5.30. The van der Waals surface area contributed by atoms with Crippen LogP contribution < -0.4 is 5.56 Å². The summed E-state index contributed by atoms with van der Waals surface area (Å²) in [6, 6.07) is 13.6. The molecule has 0 unspecified atom stereocenters. The van der Waals surface area contributed by atoms with Crippen LogP contribution in [0.3, 0.4) is 0 Å². The van der Waals surface area contributed by atoms with Crippen LogP contribution in [-0.4, -0.2) is 24.7 Å². The van der Waals surface area contributed by atoms with E-state index in [2.05, 4.69) is 15.2 Å². The summed E-state index contributed by atoms with van der Waals surface area (Å²) in [5.41, 5.74) is 1.82. The summed E-state index contributed by atoms with van der Waals surface area (Å²) >= 11 is 3.03. The Kier molecular flexibility index (Phi) is 4.99. The number of furan rings is 1. The van der Waals surface area contributed by atoms with Crippen molar-refractivity contribution in [1.29, 1.82) is 0 Å². The molecule has 4 heterocycles. The van der Waals surface area contributed by atoms with Crippen molar-refractivity contribution >= 4 is 33.3 Å². The maximum Gasteiger partial charge on any atom is 0.259 e. The van der Waals surface area contributed by atoms with Crippen LogP contribution in [0.4, 0.5) is 0 Å². The Morgan fingerprint density at radius 3 is 2.68 bits per heavy atom. The Labute approximate surface area is 186 Å². The number of rotatable bonds is 5. The van der Waals surface area contributed by atoms with Gasteiger partial charge in [0.1, 0.15) is 10.7 Å². The second-order valence-corrected chi connectivity index (χ2v) is 9.64. The summed E-state index contributed by atoms with van der Waals surface area (Å²) in [5, 5.41) is 10.0. The van der Waals surface area contributed by atoms with E-state index in [1.54, 1.807) is 17.6 Å². The highest BCUT2D eigenvalue weighted by molar-refractivity contribution is 7.99. The molecule has 0 fully saturated rings. The van der Waals surface area contributed by atoms with E-state index < -0.39 is 0 Å². The van der Waals surface area contributed by atoms with Crippen molar-refractivity contribution in [3.8, 4) is 17.3 Å². The first-order chi connectivity index (χ1) is 15.0. The fourth-order valence-corrected chi connectivity index (χ4v) is 5.36. The fraction of sp³-hybridized carbons (Fsp3) is 0.182. The van der Waals surface area contributed by atoms with Gasteiger partial charge < -0.3 is 9.40 Å². The molecule has 7 nitrogen and oxygen atoms in total. The van der Waals surface area contributed by atoms with Crippen molar-refractivity contribution in [2.75, 3.05) is 0 Å². The number of H-pyrrole nitrogens is 1. The van der Waals surface area contributed by atoms with Crippen LogP contribution in [0.1, 0.15) is 28.4 Å². The molecule has 5 rings (SSSR count). The molecular weight excluding hydrogens is 430 g/mol. The molecule has 0 aliphatic carbocycles. The third-order valence-electron chi connectivity index (χ3n) is 5.11. The molecule has 1 N–H and O–H groups in total. The Morgan fingerprint density at radius 1 is 1.13 bits per heavy atom. The monoisotopic (exact) mass is 449 g/mol. The Balaban J connectivity index is 1.56. The second kappa shape index (κ2) is 7.82. The Morgan fingerprint density at radius 2 is 1.94 bits per heavy atom. The molecule has 0 spiro atoms. The van der Waals surface area contributed by atoms with E-state index in [0.717, 1.165) is 21.0 Å². The number of aryl methyl sites for hydroxylation is 2. The van der Waals surface area contributed by atoms with E-state index >= 15 is 0 Å². The first-order valence-electron chi connectivity index (χ1n) is 9.74. The van der Waals surface area contributed by atoms with Gasteiger partial charge in [0, 0.05) is 10.6 Å². The summed E-state index contributed by atoms with van der Waals surface area (Å²) in [6.45, 7) is 5.97. The highest BCUT2D eigenvalue weighted by atomic mass is 32.2. The zero-order valence-corrected chi connectivity index (χ0v) is 18.8. The number of fused-ring (bicyclic) bond motifs is 1. The van der Waals surface area contributed by atoms with E-state index in [0.29, 0.717) is 28.0 Å². The van der Waals surface area contributed by atoms with Crippen molar-refractivity contribution in [3.63, 3.8) is 0 Å². The molecule has 5 aromatic rings. The van der Waals surface area contributed by atoms with Crippen molar-refractivity contribution in [2.45, 2.75) is 31.2 Å². The number of aromatic nitrogens is 5. The van der Waals surface area contributed by atoms with Crippen LogP contribution in [0, 0.1) is 13.8 Å². The molecule has 31 heavy (non-hydrogen) atoms. The van der Waals surface area contributed by atoms with Crippen LogP contribution >= 0.6 is 23.1 Å². The summed E-state index contributed by atoms with van der Waals surface area (Å²) in [6.07, 6.45) is 1.61. The van der Waals surface area contributed by atoms with Crippen LogP contribution in [0.2, 0.25) is 0 Å².